The van der Waals surface area contributed by atoms with Crippen molar-refractivity contribution in [1.29, 1.82) is 0 Å². The number of halogens is 1. The normalized spacial score (nSPS) is 12.6. The molecular formula is C18H27ClO2. The molecule has 0 aliphatic heterocycles. The second-order valence-electron chi connectivity index (χ2n) is 5.29. The largest absolute Gasteiger partial charge is 0.493 e. The number of hydrogen-bond donors (Lipinski definition) is 0. The molecule has 1 aromatic carbocycles. The van der Waals surface area contributed by atoms with Crippen LogP contribution in [0.15, 0.2) is 24.3 Å². The van der Waals surface area contributed by atoms with Gasteiger partial charge in [0.05, 0.1) is 18.2 Å². The molecule has 1 unspecified atom stereocenters. The molecule has 0 saturated heterocycles. The van der Waals surface area contributed by atoms with E-state index in [0.29, 0.717) is 29.9 Å². The fourth-order valence-electron chi connectivity index (χ4n) is 2.15. The third kappa shape index (κ3) is 6.01. The van der Waals surface area contributed by atoms with Crippen LogP contribution in [0.3, 0.4) is 0 Å². The predicted molar refractivity (Wildman–Crippen MR) is 90.7 cm³/mol. The zero-order valence-electron chi connectivity index (χ0n) is 13.6. The number of ether oxygens (including phenoxy) is 2. The van der Waals surface area contributed by atoms with Crippen molar-refractivity contribution >= 4 is 11.6 Å². The molecule has 0 bridgehead atoms. The molecule has 0 aliphatic rings. The fraction of sp³-hybridized carbons (Fsp3) is 0.556. The van der Waals surface area contributed by atoms with E-state index < -0.39 is 0 Å². The first-order chi connectivity index (χ1) is 10.1. The van der Waals surface area contributed by atoms with Gasteiger partial charge in [0.1, 0.15) is 11.5 Å². The zero-order valence-corrected chi connectivity index (χ0v) is 14.4. The molecule has 0 spiro atoms. The third-order valence-electron chi connectivity index (χ3n) is 3.10. The number of hydrogen-bond acceptors (Lipinski definition) is 2. The summed E-state index contributed by atoms with van der Waals surface area (Å²) in [6, 6.07) is 3.92. The van der Waals surface area contributed by atoms with Crippen LogP contribution in [0.2, 0.25) is 5.02 Å². The Morgan fingerprint density at radius 2 is 1.71 bits per heavy atom. The Bertz CT molecular complexity index is 455. The van der Waals surface area contributed by atoms with Gasteiger partial charge in [-0.1, -0.05) is 44.5 Å². The summed E-state index contributed by atoms with van der Waals surface area (Å²) in [4.78, 5) is 0. The van der Waals surface area contributed by atoms with Crippen LogP contribution < -0.4 is 9.47 Å². The van der Waals surface area contributed by atoms with E-state index in [2.05, 4.69) is 32.9 Å². The van der Waals surface area contributed by atoms with Gasteiger partial charge in [0.2, 0.25) is 0 Å². The smallest absolute Gasteiger partial charge is 0.141 e. The average Bonchev–Trinajstić information content (AvgIpc) is 2.45. The molecule has 0 fully saturated rings. The molecule has 0 aliphatic carbocycles. The van der Waals surface area contributed by atoms with E-state index in [0.717, 1.165) is 30.6 Å². The second kappa shape index (κ2) is 9.73. The highest BCUT2D eigenvalue weighted by Crippen LogP contribution is 2.34. The first-order valence-corrected chi connectivity index (χ1v) is 8.20. The lowest BCUT2D eigenvalue weighted by molar-refractivity contribution is 0.299. The molecule has 1 rings (SSSR count). The summed E-state index contributed by atoms with van der Waals surface area (Å²) < 4.78 is 11.6. The Morgan fingerprint density at radius 1 is 1.10 bits per heavy atom. The molecule has 0 heterocycles. The molecule has 1 atom stereocenters. The topological polar surface area (TPSA) is 18.5 Å². The predicted octanol–water partition coefficient (Wildman–Crippen LogP) is 5.67. The monoisotopic (exact) mass is 310 g/mol. The first kappa shape index (κ1) is 17.9. The number of rotatable bonds is 9. The Balaban J connectivity index is 3.00. The van der Waals surface area contributed by atoms with Gasteiger partial charge in [0.25, 0.3) is 0 Å². The number of allylic oxidation sites excluding steroid dienone is 2. The van der Waals surface area contributed by atoms with Crippen molar-refractivity contribution in [2.45, 2.75) is 47.0 Å². The van der Waals surface area contributed by atoms with Crippen molar-refractivity contribution in [2.75, 3.05) is 13.2 Å². The van der Waals surface area contributed by atoms with Crippen molar-refractivity contribution in [3.8, 4) is 11.5 Å². The minimum atomic E-state index is 0.456. The lowest BCUT2D eigenvalue weighted by Gasteiger charge is -2.16. The highest BCUT2D eigenvalue weighted by Gasteiger charge is 2.13. The SMILES string of the molecule is C/C=C\C(C)Cc1cc(Cl)c(OCCC)cc1OCCC. The molecule has 0 radical (unpaired) electrons. The van der Waals surface area contributed by atoms with Crippen molar-refractivity contribution in [3.05, 3.63) is 34.9 Å². The van der Waals surface area contributed by atoms with Crippen molar-refractivity contribution in [2.24, 2.45) is 5.92 Å². The first-order valence-electron chi connectivity index (χ1n) is 7.83. The summed E-state index contributed by atoms with van der Waals surface area (Å²) in [6.07, 6.45) is 7.13. The molecule has 2 nitrogen and oxygen atoms in total. The van der Waals surface area contributed by atoms with Gasteiger partial charge in [-0.3, -0.25) is 0 Å². The van der Waals surface area contributed by atoms with Gasteiger partial charge in [-0.25, -0.2) is 0 Å². The maximum Gasteiger partial charge on any atom is 0.141 e. The molecule has 3 heteroatoms. The molecule has 0 aromatic heterocycles. The van der Waals surface area contributed by atoms with Crippen LogP contribution >= 0.6 is 11.6 Å². The average molecular weight is 311 g/mol. The summed E-state index contributed by atoms with van der Waals surface area (Å²) >= 11 is 6.33. The standard InChI is InChI=1S/C18H27ClO2/c1-5-8-14(4)11-15-12-16(19)18(21-10-7-3)13-17(15)20-9-6-2/h5,8,12-14H,6-7,9-11H2,1-4H3/b8-5-. The van der Waals surface area contributed by atoms with Crippen molar-refractivity contribution in [1.82, 2.24) is 0 Å². The highest BCUT2D eigenvalue weighted by atomic mass is 35.5. The van der Waals surface area contributed by atoms with Crippen LogP contribution in [-0.2, 0) is 6.42 Å². The minimum absolute atomic E-state index is 0.456. The van der Waals surface area contributed by atoms with E-state index in [1.807, 2.05) is 19.1 Å². The van der Waals surface area contributed by atoms with Gasteiger partial charge in [-0.2, -0.15) is 0 Å². The Morgan fingerprint density at radius 3 is 2.29 bits per heavy atom. The summed E-state index contributed by atoms with van der Waals surface area (Å²) in [6.45, 7) is 9.79. The Labute approximate surface area is 134 Å². The summed E-state index contributed by atoms with van der Waals surface area (Å²) in [5.74, 6) is 2.06. The molecule has 0 amide bonds. The molecule has 21 heavy (non-hydrogen) atoms. The zero-order chi connectivity index (χ0) is 15.7. The summed E-state index contributed by atoms with van der Waals surface area (Å²) in [7, 11) is 0. The quantitative estimate of drug-likeness (QED) is 0.547. The lowest BCUT2D eigenvalue weighted by Crippen LogP contribution is -2.04. The van der Waals surface area contributed by atoms with Gasteiger partial charge >= 0.3 is 0 Å². The minimum Gasteiger partial charge on any atom is -0.493 e. The highest BCUT2D eigenvalue weighted by molar-refractivity contribution is 6.32. The van der Waals surface area contributed by atoms with Gasteiger partial charge < -0.3 is 9.47 Å². The molecule has 118 valence electrons. The Kier molecular flexibility index (Phi) is 8.29. The summed E-state index contributed by atoms with van der Waals surface area (Å²) in [5.41, 5.74) is 1.14. The third-order valence-corrected chi connectivity index (χ3v) is 3.40. The van der Waals surface area contributed by atoms with Gasteiger partial charge in [-0.05, 0) is 43.7 Å². The van der Waals surface area contributed by atoms with Crippen LogP contribution in [0, 0.1) is 5.92 Å². The van der Waals surface area contributed by atoms with Crippen LogP contribution in [0.4, 0.5) is 0 Å². The van der Waals surface area contributed by atoms with E-state index in [-0.39, 0.29) is 0 Å². The van der Waals surface area contributed by atoms with Gasteiger partial charge in [0, 0.05) is 6.07 Å². The molecule has 0 N–H and O–H groups in total. The van der Waals surface area contributed by atoms with E-state index >= 15 is 0 Å². The van der Waals surface area contributed by atoms with Crippen molar-refractivity contribution in [3.63, 3.8) is 0 Å². The van der Waals surface area contributed by atoms with Crippen LogP contribution in [0.25, 0.3) is 0 Å². The van der Waals surface area contributed by atoms with Gasteiger partial charge in [0.15, 0.2) is 0 Å². The van der Waals surface area contributed by atoms with E-state index in [1.165, 1.54) is 0 Å². The second-order valence-corrected chi connectivity index (χ2v) is 5.70. The van der Waals surface area contributed by atoms with Crippen LogP contribution in [0.5, 0.6) is 11.5 Å². The summed E-state index contributed by atoms with van der Waals surface area (Å²) in [5, 5.41) is 0.662. The number of benzene rings is 1. The maximum absolute atomic E-state index is 6.33. The Hall–Kier alpha value is -1.15. The maximum atomic E-state index is 6.33. The van der Waals surface area contributed by atoms with Crippen LogP contribution in [-0.4, -0.2) is 13.2 Å². The van der Waals surface area contributed by atoms with E-state index in [9.17, 15) is 0 Å². The van der Waals surface area contributed by atoms with Crippen LogP contribution in [0.1, 0.15) is 46.1 Å². The van der Waals surface area contributed by atoms with Crippen molar-refractivity contribution < 1.29 is 9.47 Å². The van der Waals surface area contributed by atoms with E-state index in [4.69, 9.17) is 21.1 Å². The molecular weight excluding hydrogens is 284 g/mol. The van der Waals surface area contributed by atoms with Gasteiger partial charge in [-0.15, -0.1) is 0 Å². The molecule has 1 aromatic rings. The molecule has 0 saturated carbocycles. The lowest BCUT2D eigenvalue weighted by atomic mass is 9.99. The fourth-order valence-corrected chi connectivity index (χ4v) is 2.39. The van der Waals surface area contributed by atoms with E-state index in [1.54, 1.807) is 0 Å².